The van der Waals surface area contributed by atoms with Crippen molar-refractivity contribution in [2.75, 3.05) is 19.6 Å². The van der Waals surface area contributed by atoms with Crippen LogP contribution in [-0.2, 0) is 20.9 Å². The molecular weight excluding hydrogens is 389 g/mol. The Balaban J connectivity index is 2.06. The summed E-state index contributed by atoms with van der Waals surface area (Å²) in [6, 6.07) is 5.37. The molecule has 1 heterocycles. The summed E-state index contributed by atoms with van der Waals surface area (Å²) in [6.45, 7) is 8.12. The van der Waals surface area contributed by atoms with Gasteiger partial charge in [0.1, 0.15) is 5.75 Å². The maximum Gasteiger partial charge on any atom is 0.573 e. The summed E-state index contributed by atoms with van der Waals surface area (Å²) < 4.78 is 46.5. The second-order valence-corrected chi connectivity index (χ2v) is 7.64. The number of benzene rings is 1. The van der Waals surface area contributed by atoms with Gasteiger partial charge in [-0.05, 0) is 31.5 Å². The van der Waals surface area contributed by atoms with Gasteiger partial charge in [-0.1, -0.05) is 26.0 Å². The first kappa shape index (κ1) is 23.0. The van der Waals surface area contributed by atoms with Crippen LogP contribution in [-0.4, -0.2) is 59.8 Å². The Morgan fingerprint density at radius 3 is 2.28 bits per heavy atom. The van der Waals surface area contributed by atoms with Crippen LogP contribution >= 0.6 is 0 Å². The van der Waals surface area contributed by atoms with Gasteiger partial charge in [0.05, 0.1) is 19.3 Å². The molecule has 1 atom stereocenters. The van der Waals surface area contributed by atoms with Crippen LogP contribution in [0.5, 0.6) is 5.75 Å². The fourth-order valence-corrected chi connectivity index (χ4v) is 3.08. The number of halogens is 3. The van der Waals surface area contributed by atoms with Crippen molar-refractivity contribution in [3.05, 3.63) is 29.8 Å². The van der Waals surface area contributed by atoms with Crippen molar-refractivity contribution in [1.82, 2.24) is 9.80 Å². The topological polar surface area (TPSA) is 59.1 Å². The minimum absolute atomic E-state index is 0.0124. The summed E-state index contributed by atoms with van der Waals surface area (Å²) in [4.78, 5) is 28.2. The van der Waals surface area contributed by atoms with Crippen LogP contribution in [0.2, 0.25) is 0 Å². The first-order chi connectivity index (χ1) is 13.5. The standard InChI is InChI=1S/C20H27F3N2O4/c1-13(2)19(27)24-9-17(10-25(14(3)4)18(26)11-24)28-12-15-5-7-16(8-6-15)29-20(21,22)23/h5-8,13-14,17H,9-12H2,1-4H3/t17-/m1/s1. The van der Waals surface area contributed by atoms with E-state index in [1.807, 2.05) is 13.8 Å². The van der Waals surface area contributed by atoms with Crippen LogP contribution in [0, 0.1) is 5.92 Å². The highest BCUT2D eigenvalue weighted by atomic mass is 19.4. The lowest BCUT2D eigenvalue weighted by Gasteiger charge is -2.27. The van der Waals surface area contributed by atoms with Gasteiger partial charge in [0.2, 0.25) is 11.8 Å². The van der Waals surface area contributed by atoms with E-state index >= 15 is 0 Å². The molecule has 0 bridgehead atoms. The van der Waals surface area contributed by atoms with E-state index in [1.54, 1.807) is 18.7 Å². The van der Waals surface area contributed by atoms with Crippen molar-refractivity contribution in [3.63, 3.8) is 0 Å². The third-order valence-electron chi connectivity index (χ3n) is 4.54. The number of hydrogen-bond acceptors (Lipinski definition) is 4. The average Bonchev–Trinajstić information content (AvgIpc) is 2.78. The highest BCUT2D eigenvalue weighted by Gasteiger charge is 2.33. The number of nitrogens with zero attached hydrogens (tertiary/aromatic N) is 2. The molecule has 0 saturated carbocycles. The quantitative estimate of drug-likeness (QED) is 0.715. The van der Waals surface area contributed by atoms with Gasteiger partial charge in [0, 0.05) is 25.0 Å². The third kappa shape index (κ3) is 6.92. The first-order valence-electron chi connectivity index (χ1n) is 9.50. The Morgan fingerprint density at radius 2 is 1.76 bits per heavy atom. The Morgan fingerprint density at radius 1 is 1.14 bits per heavy atom. The summed E-state index contributed by atoms with van der Waals surface area (Å²) in [5.74, 6) is -0.795. The number of rotatable bonds is 6. The Kier molecular flexibility index (Phi) is 7.51. The molecule has 1 aliphatic heterocycles. The zero-order valence-electron chi connectivity index (χ0n) is 17.0. The molecule has 0 aliphatic carbocycles. The van der Waals surface area contributed by atoms with Crippen LogP contribution in [0.3, 0.4) is 0 Å². The summed E-state index contributed by atoms with van der Waals surface area (Å²) in [7, 11) is 0. The molecule has 0 aromatic heterocycles. The second-order valence-electron chi connectivity index (χ2n) is 7.64. The van der Waals surface area contributed by atoms with Crippen molar-refractivity contribution in [2.24, 2.45) is 5.92 Å². The number of carbonyl (C=O) groups excluding carboxylic acids is 2. The molecule has 162 valence electrons. The molecule has 1 aromatic carbocycles. The SMILES string of the molecule is CC(C)C(=O)N1CC(=O)N(C(C)C)C[C@H](OCc2ccc(OC(F)(F)F)cc2)C1. The van der Waals surface area contributed by atoms with Crippen LogP contribution in [0.25, 0.3) is 0 Å². The summed E-state index contributed by atoms with van der Waals surface area (Å²) >= 11 is 0. The van der Waals surface area contributed by atoms with Crippen molar-refractivity contribution >= 4 is 11.8 Å². The lowest BCUT2D eigenvalue weighted by Crippen LogP contribution is -2.43. The number of carbonyl (C=O) groups is 2. The molecule has 1 aromatic rings. The molecule has 0 unspecified atom stereocenters. The van der Waals surface area contributed by atoms with Gasteiger partial charge in [0.15, 0.2) is 0 Å². The van der Waals surface area contributed by atoms with E-state index in [1.165, 1.54) is 29.2 Å². The maximum absolute atomic E-state index is 12.5. The summed E-state index contributed by atoms with van der Waals surface area (Å²) in [5, 5.41) is 0. The highest BCUT2D eigenvalue weighted by molar-refractivity contribution is 5.86. The van der Waals surface area contributed by atoms with Crippen molar-refractivity contribution < 1.29 is 32.2 Å². The lowest BCUT2D eigenvalue weighted by molar-refractivity contribution is -0.274. The number of ether oxygens (including phenoxy) is 2. The normalized spacial score (nSPS) is 18.4. The predicted octanol–water partition coefficient (Wildman–Crippen LogP) is 3.21. The van der Waals surface area contributed by atoms with Crippen molar-refractivity contribution in [2.45, 2.75) is 52.8 Å². The fourth-order valence-electron chi connectivity index (χ4n) is 3.08. The number of hydrogen-bond donors (Lipinski definition) is 0. The largest absolute Gasteiger partial charge is 0.573 e. The van der Waals surface area contributed by atoms with E-state index in [2.05, 4.69) is 4.74 Å². The fraction of sp³-hybridized carbons (Fsp3) is 0.600. The molecule has 9 heteroatoms. The number of amides is 2. The Bertz CT molecular complexity index is 705. The third-order valence-corrected chi connectivity index (χ3v) is 4.54. The van der Waals surface area contributed by atoms with Gasteiger partial charge in [-0.25, -0.2) is 0 Å². The Hall–Kier alpha value is -2.29. The van der Waals surface area contributed by atoms with E-state index in [-0.39, 0.29) is 49.2 Å². The first-order valence-corrected chi connectivity index (χ1v) is 9.50. The van der Waals surface area contributed by atoms with E-state index in [0.29, 0.717) is 12.1 Å². The minimum atomic E-state index is -4.74. The average molecular weight is 416 g/mol. The van der Waals surface area contributed by atoms with Gasteiger partial charge < -0.3 is 19.3 Å². The second kappa shape index (κ2) is 9.47. The summed E-state index contributed by atoms with van der Waals surface area (Å²) in [5.41, 5.74) is 0.660. The maximum atomic E-state index is 12.5. The van der Waals surface area contributed by atoms with Gasteiger partial charge in [-0.15, -0.1) is 13.2 Å². The number of alkyl halides is 3. The van der Waals surface area contributed by atoms with E-state index in [9.17, 15) is 22.8 Å². The Labute approximate surface area is 168 Å². The monoisotopic (exact) mass is 416 g/mol. The minimum Gasteiger partial charge on any atom is -0.406 e. The summed E-state index contributed by atoms with van der Waals surface area (Å²) in [6.07, 6.45) is -5.14. The molecule has 0 radical (unpaired) electrons. The molecule has 0 spiro atoms. The van der Waals surface area contributed by atoms with Crippen LogP contribution < -0.4 is 4.74 Å². The van der Waals surface area contributed by atoms with Crippen LogP contribution in [0.4, 0.5) is 13.2 Å². The molecule has 0 N–H and O–H groups in total. The van der Waals surface area contributed by atoms with E-state index in [4.69, 9.17) is 4.74 Å². The van der Waals surface area contributed by atoms with Gasteiger partial charge in [-0.3, -0.25) is 9.59 Å². The molecule has 6 nitrogen and oxygen atoms in total. The predicted molar refractivity (Wildman–Crippen MR) is 100.0 cm³/mol. The van der Waals surface area contributed by atoms with Gasteiger partial charge >= 0.3 is 6.36 Å². The lowest BCUT2D eigenvalue weighted by atomic mass is 10.2. The molecule has 1 saturated heterocycles. The molecule has 2 rings (SSSR count). The van der Waals surface area contributed by atoms with Gasteiger partial charge in [0.25, 0.3) is 0 Å². The molecule has 1 fully saturated rings. The highest BCUT2D eigenvalue weighted by Crippen LogP contribution is 2.23. The van der Waals surface area contributed by atoms with E-state index in [0.717, 1.165) is 0 Å². The zero-order chi connectivity index (χ0) is 21.8. The smallest absolute Gasteiger partial charge is 0.406 e. The van der Waals surface area contributed by atoms with Crippen LogP contribution in [0.1, 0.15) is 33.3 Å². The molecule has 1 aliphatic rings. The van der Waals surface area contributed by atoms with Crippen molar-refractivity contribution in [3.8, 4) is 5.75 Å². The van der Waals surface area contributed by atoms with Crippen molar-refractivity contribution in [1.29, 1.82) is 0 Å². The molecule has 2 amide bonds. The van der Waals surface area contributed by atoms with Crippen LogP contribution in [0.15, 0.2) is 24.3 Å². The zero-order valence-corrected chi connectivity index (χ0v) is 17.0. The van der Waals surface area contributed by atoms with Gasteiger partial charge in [-0.2, -0.15) is 0 Å². The molecular formula is C20H27F3N2O4. The van der Waals surface area contributed by atoms with E-state index < -0.39 is 12.5 Å². The molecule has 29 heavy (non-hydrogen) atoms.